The number of para-hydroxylation sites is 3. The predicted molar refractivity (Wildman–Crippen MR) is 102 cm³/mol. The van der Waals surface area contributed by atoms with Gasteiger partial charge in [0.2, 0.25) is 5.91 Å². The number of nitrogens with one attached hydrogen (secondary N) is 2. The van der Waals surface area contributed by atoms with Crippen LogP contribution in [0.4, 0.5) is 17.1 Å². The van der Waals surface area contributed by atoms with Gasteiger partial charge in [-0.1, -0.05) is 30.3 Å². The maximum atomic E-state index is 12.2. The van der Waals surface area contributed by atoms with Gasteiger partial charge in [-0.05, 0) is 43.5 Å². The number of aryl methyl sites for hydroxylation is 1. The van der Waals surface area contributed by atoms with Crippen LogP contribution in [0.2, 0.25) is 0 Å². The van der Waals surface area contributed by atoms with Crippen molar-refractivity contribution < 1.29 is 9.90 Å². The van der Waals surface area contributed by atoms with E-state index >= 15 is 0 Å². The lowest BCUT2D eigenvalue weighted by Gasteiger charge is -2.32. The van der Waals surface area contributed by atoms with Gasteiger partial charge in [0.1, 0.15) is 0 Å². The maximum Gasteiger partial charge on any atom is 0.243 e. The summed E-state index contributed by atoms with van der Waals surface area (Å²) in [6, 6.07) is 15.7. The molecule has 0 aliphatic carbocycles. The Kier molecular flexibility index (Phi) is 5.56. The molecule has 0 saturated carbocycles. The summed E-state index contributed by atoms with van der Waals surface area (Å²) in [6.07, 6.45) is 1.36. The molecule has 3 N–H and O–H groups in total. The predicted octanol–water partition coefficient (Wildman–Crippen LogP) is 3.01. The smallest absolute Gasteiger partial charge is 0.243 e. The number of hydrogen-bond donors (Lipinski definition) is 3. The first-order valence-electron chi connectivity index (χ1n) is 8.75. The molecule has 1 saturated heterocycles. The summed E-state index contributed by atoms with van der Waals surface area (Å²) in [5.41, 5.74) is 3.91. The van der Waals surface area contributed by atoms with Crippen LogP contribution in [0.25, 0.3) is 0 Å². The average Bonchev–Trinajstić information content (AvgIpc) is 2.63. The second-order valence-corrected chi connectivity index (χ2v) is 6.45. The van der Waals surface area contributed by atoms with E-state index in [1.165, 1.54) is 0 Å². The van der Waals surface area contributed by atoms with Crippen molar-refractivity contribution in [3.8, 4) is 0 Å². The molecule has 5 heteroatoms. The number of carbonyl (C=O) groups is 1. The molecule has 5 nitrogen and oxygen atoms in total. The second kappa shape index (κ2) is 8.03. The van der Waals surface area contributed by atoms with Crippen LogP contribution in [0.3, 0.4) is 0 Å². The van der Waals surface area contributed by atoms with E-state index in [9.17, 15) is 9.90 Å². The van der Waals surface area contributed by atoms with Gasteiger partial charge in [-0.15, -0.1) is 0 Å². The number of nitrogens with zero attached hydrogens (tertiary/aromatic N) is 1. The van der Waals surface area contributed by atoms with Crippen molar-refractivity contribution in [2.24, 2.45) is 0 Å². The highest BCUT2D eigenvalue weighted by Gasteiger charge is 2.19. The first-order valence-corrected chi connectivity index (χ1v) is 8.75. The Morgan fingerprint density at radius 3 is 2.44 bits per heavy atom. The molecule has 0 radical (unpaired) electrons. The van der Waals surface area contributed by atoms with Gasteiger partial charge in [0.25, 0.3) is 0 Å². The average molecular weight is 339 g/mol. The van der Waals surface area contributed by atoms with Crippen molar-refractivity contribution in [1.29, 1.82) is 0 Å². The number of anilines is 3. The molecule has 0 spiro atoms. The summed E-state index contributed by atoms with van der Waals surface area (Å²) in [7, 11) is 0. The standard InChI is InChI=1S/C20H25N3O2/c1-15-6-2-3-7-17(15)22-20(25)14-21-18-8-4-5-9-19(18)23-12-10-16(24)11-13-23/h2-9,16,21,24H,10-14H2,1H3,(H,22,25). The molecule has 1 amide bonds. The third kappa shape index (κ3) is 4.51. The van der Waals surface area contributed by atoms with E-state index in [0.717, 1.165) is 48.6 Å². The summed E-state index contributed by atoms with van der Waals surface area (Å²) < 4.78 is 0. The summed E-state index contributed by atoms with van der Waals surface area (Å²) in [5.74, 6) is -0.0711. The molecule has 1 heterocycles. The lowest BCUT2D eigenvalue weighted by atomic mass is 10.1. The van der Waals surface area contributed by atoms with Gasteiger partial charge in [0, 0.05) is 18.8 Å². The molecule has 132 valence electrons. The fraction of sp³-hybridized carbons (Fsp3) is 0.350. The molecule has 0 atom stereocenters. The third-order valence-electron chi connectivity index (χ3n) is 4.57. The molecular weight excluding hydrogens is 314 g/mol. The number of rotatable bonds is 5. The van der Waals surface area contributed by atoms with Crippen molar-refractivity contribution in [1.82, 2.24) is 0 Å². The minimum absolute atomic E-state index is 0.0711. The molecule has 2 aromatic carbocycles. The second-order valence-electron chi connectivity index (χ2n) is 6.45. The van der Waals surface area contributed by atoms with E-state index < -0.39 is 0 Å². The van der Waals surface area contributed by atoms with Gasteiger partial charge in [-0.3, -0.25) is 4.79 Å². The van der Waals surface area contributed by atoms with Crippen LogP contribution in [0.15, 0.2) is 48.5 Å². The number of piperidine rings is 1. The molecule has 0 bridgehead atoms. The highest BCUT2D eigenvalue weighted by molar-refractivity contribution is 5.94. The zero-order chi connectivity index (χ0) is 17.6. The molecule has 0 aromatic heterocycles. The van der Waals surface area contributed by atoms with Gasteiger partial charge in [-0.2, -0.15) is 0 Å². The number of aliphatic hydroxyl groups excluding tert-OH is 1. The van der Waals surface area contributed by atoms with Gasteiger partial charge in [-0.25, -0.2) is 0 Å². The lowest BCUT2D eigenvalue weighted by Crippen LogP contribution is -2.36. The maximum absolute atomic E-state index is 12.2. The Morgan fingerprint density at radius 2 is 1.72 bits per heavy atom. The number of benzene rings is 2. The van der Waals surface area contributed by atoms with E-state index in [1.807, 2.05) is 49.4 Å². The highest BCUT2D eigenvalue weighted by Crippen LogP contribution is 2.28. The summed E-state index contributed by atoms with van der Waals surface area (Å²) >= 11 is 0. The monoisotopic (exact) mass is 339 g/mol. The Labute approximate surface area is 148 Å². The van der Waals surface area contributed by atoms with Crippen LogP contribution < -0.4 is 15.5 Å². The molecule has 1 fully saturated rings. The topological polar surface area (TPSA) is 64.6 Å². The van der Waals surface area contributed by atoms with Crippen molar-refractivity contribution in [2.45, 2.75) is 25.9 Å². The molecule has 25 heavy (non-hydrogen) atoms. The Hall–Kier alpha value is -2.53. The fourth-order valence-corrected chi connectivity index (χ4v) is 3.09. The van der Waals surface area contributed by atoms with E-state index in [0.29, 0.717) is 0 Å². The van der Waals surface area contributed by atoms with Gasteiger partial charge in [0.05, 0.1) is 24.0 Å². The van der Waals surface area contributed by atoms with Crippen LogP contribution in [0, 0.1) is 6.92 Å². The van der Waals surface area contributed by atoms with Crippen molar-refractivity contribution in [2.75, 3.05) is 35.2 Å². The highest BCUT2D eigenvalue weighted by atomic mass is 16.3. The van der Waals surface area contributed by atoms with E-state index in [4.69, 9.17) is 0 Å². The molecule has 3 rings (SSSR count). The minimum atomic E-state index is -0.198. The van der Waals surface area contributed by atoms with Crippen LogP contribution in [0.5, 0.6) is 0 Å². The van der Waals surface area contributed by atoms with Crippen LogP contribution in [-0.4, -0.2) is 36.8 Å². The number of carbonyl (C=O) groups excluding carboxylic acids is 1. The quantitative estimate of drug-likeness (QED) is 0.783. The van der Waals surface area contributed by atoms with Crippen LogP contribution >= 0.6 is 0 Å². The van der Waals surface area contributed by atoms with Crippen LogP contribution in [-0.2, 0) is 4.79 Å². The van der Waals surface area contributed by atoms with Gasteiger partial charge < -0.3 is 20.6 Å². The fourth-order valence-electron chi connectivity index (χ4n) is 3.09. The van der Waals surface area contributed by atoms with Gasteiger partial charge in [0.15, 0.2) is 0 Å². The molecule has 0 unspecified atom stereocenters. The molecule has 1 aliphatic heterocycles. The molecule has 2 aromatic rings. The Balaban J connectivity index is 1.61. The number of amides is 1. The first kappa shape index (κ1) is 17.3. The molecule has 1 aliphatic rings. The van der Waals surface area contributed by atoms with E-state index in [1.54, 1.807) is 0 Å². The Morgan fingerprint density at radius 1 is 1.08 bits per heavy atom. The lowest BCUT2D eigenvalue weighted by molar-refractivity contribution is -0.114. The van der Waals surface area contributed by atoms with Crippen molar-refractivity contribution >= 4 is 23.0 Å². The zero-order valence-corrected chi connectivity index (χ0v) is 14.5. The third-order valence-corrected chi connectivity index (χ3v) is 4.57. The summed E-state index contributed by atoms with van der Waals surface area (Å²) in [5, 5.41) is 15.9. The van der Waals surface area contributed by atoms with Gasteiger partial charge >= 0.3 is 0 Å². The van der Waals surface area contributed by atoms with Crippen molar-refractivity contribution in [3.05, 3.63) is 54.1 Å². The molecular formula is C20H25N3O2. The largest absolute Gasteiger partial charge is 0.393 e. The minimum Gasteiger partial charge on any atom is -0.393 e. The summed E-state index contributed by atoms with van der Waals surface area (Å²) in [6.45, 7) is 3.84. The number of aliphatic hydroxyl groups is 1. The van der Waals surface area contributed by atoms with Crippen LogP contribution in [0.1, 0.15) is 18.4 Å². The van der Waals surface area contributed by atoms with Crippen molar-refractivity contribution in [3.63, 3.8) is 0 Å². The van der Waals surface area contributed by atoms with E-state index in [-0.39, 0.29) is 18.6 Å². The SMILES string of the molecule is Cc1ccccc1NC(=O)CNc1ccccc1N1CCC(O)CC1. The summed E-state index contributed by atoms with van der Waals surface area (Å²) in [4.78, 5) is 14.5. The van der Waals surface area contributed by atoms with E-state index in [2.05, 4.69) is 21.6 Å². The normalized spacial score (nSPS) is 15.0. The first-order chi connectivity index (χ1) is 12.1. The number of hydrogen-bond acceptors (Lipinski definition) is 4. The zero-order valence-electron chi connectivity index (χ0n) is 14.5. The Bertz CT molecular complexity index is 724.